The van der Waals surface area contributed by atoms with Crippen LogP contribution in [0.5, 0.6) is 0 Å². The predicted octanol–water partition coefficient (Wildman–Crippen LogP) is 4.94. The van der Waals surface area contributed by atoms with Crippen LogP contribution in [-0.2, 0) is 0 Å². The second kappa shape index (κ2) is 6.51. The molecule has 1 saturated heterocycles. The SMILES string of the molecule is Cc1ccc(Br)c(C(=O)N2CCCC2C2CCCCC2)c1. The Morgan fingerprint density at radius 3 is 2.67 bits per heavy atom. The molecule has 2 fully saturated rings. The monoisotopic (exact) mass is 349 g/mol. The summed E-state index contributed by atoms with van der Waals surface area (Å²) < 4.78 is 0.924. The van der Waals surface area contributed by atoms with Gasteiger partial charge in [-0.05, 0) is 66.6 Å². The molecule has 0 N–H and O–H groups in total. The summed E-state index contributed by atoms with van der Waals surface area (Å²) in [6.07, 6.45) is 9.04. The van der Waals surface area contributed by atoms with Crippen LogP contribution in [0.2, 0.25) is 0 Å². The van der Waals surface area contributed by atoms with E-state index < -0.39 is 0 Å². The van der Waals surface area contributed by atoms with E-state index in [1.165, 1.54) is 38.5 Å². The maximum absolute atomic E-state index is 13.0. The van der Waals surface area contributed by atoms with Gasteiger partial charge in [-0.3, -0.25) is 4.79 Å². The van der Waals surface area contributed by atoms with Crippen LogP contribution >= 0.6 is 15.9 Å². The van der Waals surface area contributed by atoms with Crippen LogP contribution in [0.3, 0.4) is 0 Å². The first-order valence-corrected chi connectivity index (χ1v) is 9.03. The molecule has 1 aliphatic carbocycles. The summed E-state index contributed by atoms with van der Waals surface area (Å²) in [7, 11) is 0. The molecule has 3 heteroatoms. The fourth-order valence-electron chi connectivity index (χ4n) is 4.01. The quantitative estimate of drug-likeness (QED) is 0.740. The first-order valence-electron chi connectivity index (χ1n) is 8.24. The molecule has 0 radical (unpaired) electrons. The van der Waals surface area contributed by atoms with Crippen molar-refractivity contribution in [3.05, 3.63) is 33.8 Å². The smallest absolute Gasteiger partial charge is 0.255 e. The van der Waals surface area contributed by atoms with Crippen LogP contribution in [0.25, 0.3) is 0 Å². The van der Waals surface area contributed by atoms with Gasteiger partial charge in [0, 0.05) is 17.1 Å². The van der Waals surface area contributed by atoms with Gasteiger partial charge in [-0.1, -0.05) is 30.9 Å². The number of nitrogens with zero attached hydrogens (tertiary/aromatic N) is 1. The van der Waals surface area contributed by atoms with Gasteiger partial charge in [-0.25, -0.2) is 0 Å². The highest BCUT2D eigenvalue weighted by Gasteiger charge is 2.35. The van der Waals surface area contributed by atoms with Crippen molar-refractivity contribution in [2.45, 2.75) is 57.9 Å². The average Bonchev–Trinajstić information content (AvgIpc) is 2.99. The fraction of sp³-hybridized carbons (Fsp3) is 0.611. The third kappa shape index (κ3) is 3.18. The van der Waals surface area contributed by atoms with E-state index in [2.05, 4.69) is 20.8 Å². The second-order valence-corrected chi connectivity index (χ2v) is 7.44. The highest BCUT2D eigenvalue weighted by atomic mass is 79.9. The molecule has 1 aromatic rings. The minimum absolute atomic E-state index is 0.221. The summed E-state index contributed by atoms with van der Waals surface area (Å²) in [6.45, 7) is 2.98. The van der Waals surface area contributed by atoms with Crippen LogP contribution < -0.4 is 0 Å². The van der Waals surface area contributed by atoms with Gasteiger partial charge >= 0.3 is 0 Å². The standard InChI is InChI=1S/C18H24BrNO/c1-13-9-10-16(19)15(12-13)18(21)20-11-5-8-17(20)14-6-3-2-4-7-14/h9-10,12,14,17H,2-8,11H2,1H3. The molecule has 0 bridgehead atoms. The van der Waals surface area contributed by atoms with Crippen molar-refractivity contribution in [3.63, 3.8) is 0 Å². The third-order valence-electron chi connectivity index (χ3n) is 5.11. The second-order valence-electron chi connectivity index (χ2n) is 6.59. The number of carbonyl (C=O) groups excluding carboxylic acids is 1. The molecule has 1 unspecified atom stereocenters. The number of halogens is 1. The molecule has 1 heterocycles. The van der Waals surface area contributed by atoms with Crippen molar-refractivity contribution in [2.75, 3.05) is 6.54 Å². The number of hydrogen-bond donors (Lipinski definition) is 0. The minimum atomic E-state index is 0.221. The van der Waals surface area contributed by atoms with Crippen LogP contribution in [0, 0.1) is 12.8 Å². The van der Waals surface area contributed by atoms with Crippen molar-refractivity contribution >= 4 is 21.8 Å². The molecule has 1 aliphatic heterocycles. The Morgan fingerprint density at radius 1 is 1.14 bits per heavy atom. The van der Waals surface area contributed by atoms with Gasteiger partial charge in [-0.15, -0.1) is 0 Å². The van der Waals surface area contributed by atoms with Crippen LogP contribution in [0.4, 0.5) is 0 Å². The number of likely N-dealkylation sites (tertiary alicyclic amines) is 1. The van der Waals surface area contributed by atoms with Gasteiger partial charge in [-0.2, -0.15) is 0 Å². The Hall–Kier alpha value is -0.830. The summed E-state index contributed by atoms with van der Waals surface area (Å²) >= 11 is 3.55. The number of rotatable bonds is 2. The summed E-state index contributed by atoms with van der Waals surface area (Å²) in [4.78, 5) is 15.1. The van der Waals surface area contributed by atoms with Gasteiger partial charge in [0.1, 0.15) is 0 Å². The lowest BCUT2D eigenvalue weighted by Crippen LogP contribution is -2.40. The molecule has 1 saturated carbocycles. The summed E-state index contributed by atoms with van der Waals surface area (Å²) in [5, 5.41) is 0. The Balaban J connectivity index is 1.80. The molecule has 1 aromatic carbocycles. The molecule has 0 aromatic heterocycles. The lowest BCUT2D eigenvalue weighted by atomic mass is 9.83. The minimum Gasteiger partial charge on any atom is -0.335 e. The molecular weight excluding hydrogens is 326 g/mol. The molecule has 2 nitrogen and oxygen atoms in total. The van der Waals surface area contributed by atoms with Gasteiger partial charge < -0.3 is 4.90 Å². The third-order valence-corrected chi connectivity index (χ3v) is 5.80. The Bertz CT molecular complexity index is 522. The molecule has 1 amide bonds. The lowest BCUT2D eigenvalue weighted by Gasteiger charge is -2.34. The van der Waals surface area contributed by atoms with E-state index in [0.717, 1.165) is 34.5 Å². The van der Waals surface area contributed by atoms with Crippen molar-refractivity contribution in [1.82, 2.24) is 4.90 Å². The normalized spacial score (nSPS) is 23.5. The zero-order chi connectivity index (χ0) is 14.8. The Morgan fingerprint density at radius 2 is 1.90 bits per heavy atom. The molecular formula is C18H24BrNO. The predicted molar refractivity (Wildman–Crippen MR) is 89.5 cm³/mol. The van der Waals surface area contributed by atoms with E-state index in [1.54, 1.807) is 0 Å². The fourth-order valence-corrected chi connectivity index (χ4v) is 4.43. The van der Waals surface area contributed by atoms with Gasteiger partial charge in [0.15, 0.2) is 0 Å². The summed E-state index contributed by atoms with van der Waals surface area (Å²) in [5.74, 6) is 0.951. The number of benzene rings is 1. The maximum atomic E-state index is 13.0. The van der Waals surface area contributed by atoms with Gasteiger partial charge in [0.2, 0.25) is 0 Å². The first-order chi connectivity index (χ1) is 10.2. The van der Waals surface area contributed by atoms with Crippen LogP contribution in [0.1, 0.15) is 60.9 Å². The van der Waals surface area contributed by atoms with Gasteiger partial charge in [0.25, 0.3) is 5.91 Å². The first kappa shape index (κ1) is 15.1. The number of carbonyl (C=O) groups is 1. The van der Waals surface area contributed by atoms with E-state index >= 15 is 0 Å². The van der Waals surface area contributed by atoms with E-state index in [0.29, 0.717) is 6.04 Å². The zero-order valence-electron chi connectivity index (χ0n) is 12.8. The molecule has 0 spiro atoms. The lowest BCUT2D eigenvalue weighted by molar-refractivity contribution is 0.0660. The summed E-state index contributed by atoms with van der Waals surface area (Å²) in [6, 6.07) is 6.53. The Kier molecular flexibility index (Phi) is 4.68. The van der Waals surface area contributed by atoms with E-state index in [9.17, 15) is 4.79 Å². The Labute approximate surface area is 136 Å². The highest BCUT2D eigenvalue weighted by molar-refractivity contribution is 9.10. The van der Waals surface area contributed by atoms with Crippen molar-refractivity contribution in [3.8, 4) is 0 Å². The molecule has 21 heavy (non-hydrogen) atoms. The van der Waals surface area contributed by atoms with Gasteiger partial charge in [0.05, 0.1) is 5.56 Å². The van der Waals surface area contributed by atoms with E-state index in [1.807, 2.05) is 25.1 Å². The van der Waals surface area contributed by atoms with E-state index in [4.69, 9.17) is 0 Å². The number of aryl methyl sites for hydroxylation is 1. The van der Waals surface area contributed by atoms with Crippen LogP contribution in [-0.4, -0.2) is 23.4 Å². The topological polar surface area (TPSA) is 20.3 Å². The zero-order valence-corrected chi connectivity index (χ0v) is 14.4. The summed E-state index contributed by atoms with van der Waals surface area (Å²) in [5.41, 5.74) is 1.98. The van der Waals surface area contributed by atoms with E-state index in [-0.39, 0.29) is 5.91 Å². The van der Waals surface area contributed by atoms with Crippen molar-refractivity contribution in [1.29, 1.82) is 0 Å². The van der Waals surface area contributed by atoms with Crippen molar-refractivity contribution < 1.29 is 4.79 Å². The molecule has 3 rings (SSSR count). The number of hydrogen-bond acceptors (Lipinski definition) is 1. The highest BCUT2D eigenvalue weighted by Crippen LogP contribution is 2.35. The van der Waals surface area contributed by atoms with Crippen molar-refractivity contribution in [2.24, 2.45) is 5.92 Å². The van der Waals surface area contributed by atoms with Crippen LogP contribution in [0.15, 0.2) is 22.7 Å². The molecule has 1 atom stereocenters. The average molecular weight is 350 g/mol. The maximum Gasteiger partial charge on any atom is 0.255 e. The molecule has 2 aliphatic rings. The largest absolute Gasteiger partial charge is 0.335 e. The number of amides is 1. The molecule has 114 valence electrons.